The van der Waals surface area contributed by atoms with Crippen LogP contribution in [0.2, 0.25) is 0 Å². The highest BCUT2D eigenvalue weighted by molar-refractivity contribution is 6.04. The molecule has 1 saturated heterocycles. The van der Waals surface area contributed by atoms with Gasteiger partial charge in [0.25, 0.3) is 0 Å². The lowest BCUT2D eigenvalue weighted by atomic mass is 10.1. The number of esters is 1. The van der Waals surface area contributed by atoms with Gasteiger partial charge >= 0.3 is 11.7 Å². The summed E-state index contributed by atoms with van der Waals surface area (Å²) in [6.45, 7) is 5.49. The predicted molar refractivity (Wildman–Crippen MR) is 121 cm³/mol. The third kappa shape index (κ3) is 4.25. The molecule has 0 unspecified atom stereocenters. The number of likely N-dealkylation sites (N-methyl/N-ethyl adjacent to an activating group) is 1. The molecule has 0 spiro atoms. The Labute approximate surface area is 189 Å². The number of hydrogen-bond donors (Lipinski definition) is 1. The first kappa shape index (κ1) is 22.6. The Morgan fingerprint density at radius 3 is 2.48 bits per heavy atom. The van der Waals surface area contributed by atoms with Gasteiger partial charge in [-0.2, -0.15) is 0 Å². The topological polar surface area (TPSA) is 140 Å². The van der Waals surface area contributed by atoms with Crippen molar-refractivity contribution in [3.8, 4) is 0 Å². The third-order valence-corrected chi connectivity index (χ3v) is 5.82. The number of ether oxygens (including phenoxy) is 1. The van der Waals surface area contributed by atoms with Gasteiger partial charge in [-0.25, -0.2) is 9.78 Å². The minimum Gasteiger partial charge on any atom is -0.461 e. The van der Waals surface area contributed by atoms with Crippen LogP contribution in [0.3, 0.4) is 0 Å². The molecule has 2 aliphatic rings. The Bertz CT molecular complexity index is 1200. The summed E-state index contributed by atoms with van der Waals surface area (Å²) >= 11 is 0. The molecule has 1 N–H and O–H groups in total. The normalized spacial score (nSPS) is 16.6. The molecule has 2 aromatic rings. The van der Waals surface area contributed by atoms with Gasteiger partial charge in [0.1, 0.15) is 11.1 Å². The second-order valence-corrected chi connectivity index (χ2v) is 8.30. The van der Waals surface area contributed by atoms with Crippen molar-refractivity contribution in [2.75, 3.05) is 50.1 Å². The van der Waals surface area contributed by atoms with Crippen LogP contribution in [0, 0.1) is 10.1 Å². The van der Waals surface area contributed by atoms with Gasteiger partial charge in [0.15, 0.2) is 22.6 Å². The van der Waals surface area contributed by atoms with Crippen molar-refractivity contribution in [1.82, 2.24) is 14.5 Å². The van der Waals surface area contributed by atoms with Crippen molar-refractivity contribution in [1.29, 1.82) is 0 Å². The molecule has 33 heavy (non-hydrogen) atoms. The summed E-state index contributed by atoms with van der Waals surface area (Å²) in [5.74, 6) is -0.979. The predicted octanol–water partition coefficient (Wildman–Crippen LogP) is 1.53. The molecular weight excluding hydrogens is 432 g/mol. The van der Waals surface area contributed by atoms with Gasteiger partial charge < -0.3 is 24.4 Å². The zero-order valence-corrected chi connectivity index (χ0v) is 18.8. The fraction of sp³-hybridized carbons (Fsp3) is 0.524. The van der Waals surface area contributed by atoms with Crippen LogP contribution in [-0.2, 0) is 9.53 Å². The number of nitro groups is 1. The highest BCUT2D eigenvalue weighted by Gasteiger charge is 2.36. The number of aromatic nitrogens is 2. The van der Waals surface area contributed by atoms with E-state index in [1.54, 1.807) is 11.5 Å². The fourth-order valence-corrected chi connectivity index (χ4v) is 4.12. The van der Waals surface area contributed by atoms with Gasteiger partial charge in [-0.3, -0.25) is 19.7 Å². The Balaban J connectivity index is 2.08. The summed E-state index contributed by atoms with van der Waals surface area (Å²) in [5.41, 5.74) is -1.26. The second-order valence-electron chi connectivity index (χ2n) is 8.30. The van der Waals surface area contributed by atoms with E-state index in [1.807, 2.05) is 11.9 Å². The molecule has 12 nitrogen and oxygen atoms in total. The number of nitrogens with zero attached hydrogens (tertiary/aromatic N) is 5. The van der Waals surface area contributed by atoms with Crippen molar-refractivity contribution in [2.24, 2.45) is 0 Å². The Hall–Kier alpha value is -3.54. The van der Waals surface area contributed by atoms with Crippen LogP contribution in [0.15, 0.2) is 10.9 Å². The van der Waals surface area contributed by atoms with E-state index >= 15 is 0 Å². The zero-order valence-electron chi connectivity index (χ0n) is 18.8. The van der Waals surface area contributed by atoms with Crippen molar-refractivity contribution in [2.45, 2.75) is 32.7 Å². The highest BCUT2D eigenvalue weighted by Crippen LogP contribution is 2.43. The zero-order chi connectivity index (χ0) is 23.9. The molecule has 2 fully saturated rings. The van der Waals surface area contributed by atoms with E-state index in [-0.39, 0.29) is 40.9 Å². The molecule has 2 aromatic heterocycles. The summed E-state index contributed by atoms with van der Waals surface area (Å²) in [6, 6.07) is 0.951. The van der Waals surface area contributed by atoms with Crippen LogP contribution < -0.4 is 15.6 Å². The maximum absolute atomic E-state index is 13.1. The lowest BCUT2D eigenvalue weighted by Crippen LogP contribution is -2.45. The van der Waals surface area contributed by atoms with Gasteiger partial charge in [0.2, 0.25) is 5.91 Å². The largest absolute Gasteiger partial charge is 0.461 e. The summed E-state index contributed by atoms with van der Waals surface area (Å²) in [4.78, 5) is 57.9. The van der Waals surface area contributed by atoms with Gasteiger partial charge in [-0.1, -0.05) is 0 Å². The average Bonchev–Trinajstić information content (AvgIpc) is 3.58. The molecule has 0 atom stereocenters. The van der Waals surface area contributed by atoms with E-state index in [9.17, 15) is 24.5 Å². The van der Waals surface area contributed by atoms with Gasteiger partial charge in [-0.15, -0.1) is 0 Å². The van der Waals surface area contributed by atoms with Crippen LogP contribution in [0.5, 0.6) is 0 Å². The molecule has 3 heterocycles. The minimum atomic E-state index is -0.722. The molecule has 1 saturated carbocycles. The number of rotatable bonds is 6. The monoisotopic (exact) mass is 458 g/mol. The van der Waals surface area contributed by atoms with Crippen molar-refractivity contribution in [3.05, 3.63) is 32.1 Å². The van der Waals surface area contributed by atoms with E-state index in [4.69, 9.17) is 4.74 Å². The quantitative estimate of drug-likeness (QED) is 0.388. The van der Waals surface area contributed by atoms with Crippen molar-refractivity contribution >= 4 is 40.1 Å². The molecule has 176 valence electrons. The smallest absolute Gasteiger partial charge is 0.355 e. The number of nitrogens with one attached hydrogen (secondary N) is 1. The maximum atomic E-state index is 13.1. The van der Waals surface area contributed by atoms with Crippen LogP contribution in [0.4, 0.5) is 17.2 Å². The van der Waals surface area contributed by atoms with Gasteiger partial charge in [-0.05, 0) is 26.8 Å². The Morgan fingerprint density at radius 1 is 1.27 bits per heavy atom. The number of fused-ring (bicyclic) bond motifs is 1. The summed E-state index contributed by atoms with van der Waals surface area (Å²) < 4.78 is 6.71. The third-order valence-electron chi connectivity index (χ3n) is 5.82. The van der Waals surface area contributed by atoms with Gasteiger partial charge in [0.05, 0.1) is 11.5 Å². The first-order chi connectivity index (χ1) is 15.7. The lowest BCUT2D eigenvalue weighted by molar-refractivity contribution is -0.382. The molecule has 1 aliphatic heterocycles. The van der Waals surface area contributed by atoms with Crippen LogP contribution in [-0.4, -0.2) is 71.1 Å². The number of amides is 1. The molecular formula is C21H26N6O6. The number of hydrogen-bond acceptors (Lipinski definition) is 9. The Kier molecular flexibility index (Phi) is 6.02. The van der Waals surface area contributed by atoms with E-state index in [0.29, 0.717) is 26.2 Å². The first-order valence-electron chi connectivity index (χ1n) is 10.9. The average molecular weight is 458 g/mol. The number of carbonyl (C=O) groups is 2. The molecule has 1 aliphatic carbocycles. The molecule has 0 radical (unpaired) electrons. The van der Waals surface area contributed by atoms with E-state index in [0.717, 1.165) is 18.9 Å². The summed E-state index contributed by atoms with van der Waals surface area (Å²) in [5, 5.41) is 14.5. The van der Waals surface area contributed by atoms with Crippen molar-refractivity contribution in [3.63, 3.8) is 0 Å². The van der Waals surface area contributed by atoms with Crippen LogP contribution >= 0.6 is 0 Å². The maximum Gasteiger partial charge on any atom is 0.355 e. The first-order valence-corrected chi connectivity index (χ1v) is 10.9. The number of piperazine rings is 1. The lowest BCUT2D eigenvalue weighted by Gasteiger charge is -2.34. The SMILES string of the molecule is CCOC(=O)c1cc(=O)c2c([N+](=O)[O-])c(NC(C)=O)c(N3CCN(C)CC3)nc2n1C1CC1. The fourth-order valence-electron chi connectivity index (χ4n) is 4.12. The van der Waals surface area contributed by atoms with Crippen molar-refractivity contribution < 1.29 is 19.2 Å². The number of pyridine rings is 2. The molecule has 4 rings (SSSR count). The molecule has 12 heteroatoms. The molecule has 1 amide bonds. The van der Waals surface area contributed by atoms with E-state index < -0.39 is 27.9 Å². The Morgan fingerprint density at radius 2 is 1.94 bits per heavy atom. The van der Waals surface area contributed by atoms with E-state index in [2.05, 4.69) is 15.2 Å². The van der Waals surface area contributed by atoms with E-state index in [1.165, 1.54) is 6.92 Å². The molecule has 0 bridgehead atoms. The van der Waals surface area contributed by atoms with Crippen LogP contribution in [0.1, 0.15) is 43.2 Å². The summed E-state index contributed by atoms with van der Waals surface area (Å²) in [7, 11) is 1.97. The van der Waals surface area contributed by atoms with Gasteiger partial charge in [0, 0.05) is 45.2 Å². The number of anilines is 2. The highest BCUT2D eigenvalue weighted by atomic mass is 16.6. The number of carbonyl (C=O) groups excluding carboxylic acids is 2. The standard InChI is InChI=1S/C21H26N6O6/c1-4-33-21(30)14-11-15(29)16-18(27(31)32)17(22-12(2)28)20(25-9-7-24(3)8-10-25)23-19(16)26(14)13-5-6-13/h11,13H,4-10H2,1-3H3,(H,22,28). The van der Waals surface area contributed by atoms with Crippen LogP contribution in [0.25, 0.3) is 11.0 Å². The minimum absolute atomic E-state index is 0.0234. The second kappa shape index (κ2) is 8.77. The molecule has 0 aromatic carbocycles. The summed E-state index contributed by atoms with van der Waals surface area (Å²) in [6.07, 6.45) is 1.49.